The van der Waals surface area contributed by atoms with Crippen molar-refractivity contribution in [3.05, 3.63) is 75.7 Å². The lowest BCUT2D eigenvalue weighted by molar-refractivity contribution is -0.137. The molecule has 0 unspecified atom stereocenters. The average molecular weight is 419 g/mol. The Morgan fingerprint density at radius 3 is 2.52 bits per heavy atom. The number of aromatic nitrogens is 2. The molecule has 1 aromatic carbocycles. The highest BCUT2D eigenvalue weighted by Crippen LogP contribution is 2.29. The van der Waals surface area contributed by atoms with E-state index in [-0.39, 0.29) is 5.78 Å². The number of alkyl halides is 3. The number of Topliss-reactive ketones (excluding diaryl/α,β-unsaturated/α-hetero) is 1. The van der Waals surface area contributed by atoms with Crippen molar-refractivity contribution in [1.29, 1.82) is 0 Å². The van der Waals surface area contributed by atoms with Crippen molar-refractivity contribution in [2.75, 3.05) is 5.32 Å². The number of rotatable bonds is 6. The smallest absolute Gasteiger partial charge is 0.320 e. The van der Waals surface area contributed by atoms with Crippen molar-refractivity contribution >= 4 is 34.8 Å². The lowest BCUT2D eigenvalue weighted by atomic mass is 10.1. The first-order chi connectivity index (χ1) is 13.7. The molecule has 150 valence electrons. The Bertz CT molecular complexity index is 1050. The summed E-state index contributed by atoms with van der Waals surface area (Å²) in [7, 11) is 0. The molecule has 2 aromatic heterocycles. The Morgan fingerprint density at radius 2 is 1.90 bits per heavy atom. The molecule has 0 spiro atoms. The van der Waals surface area contributed by atoms with Crippen LogP contribution in [0.15, 0.2) is 54.9 Å². The minimum atomic E-state index is -4.39. The summed E-state index contributed by atoms with van der Waals surface area (Å²) < 4.78 is 39.3. The molecule has 0 saturated carbocycles. The molecule has 0 bridgehead atoms. The number of hydrogen-bond acceptors (Lipinski definition) is 4. The van der Waals surface area contributed by atoms with Crippen molar-refractivity contribution in [3.8, 4) is 0 Å². The predicted octanol–water partition coefficient (Wildman–Crippen LogP) is 4.87. The molecule has 0 aliphatic carbocycles. The molecule has 3 rings (SSSR count). The van der Waals surface area contributed by atoms with Crippen LogP contribution in [0.4, 0.5) is 18.9 Å². The van der Waals surface area contributed by atoms with E-state index in [1.807, 2.05) is 6.07 Å². The Hall–Kier alpha value is -3.20. The molecule has 5 nitrogen and oxygen atoms in total. The normalized spacial score (nSPS) is 11.7. The fourth-order valence-corrected chi connectivity index (χ4v) is 3.36. The number of carbonyl (C=O) groups excluding carboxylic acids is 2. The summed E-state index contributed by atoms with van der Waals surface area (Å²) in [6, 6.07) is 8.13. The highest BCUT2D eigenvalue weighted by molar-refractivity contribution is 7.14. The highest BCUT2D eigenvalue weighted by Gasteiger charge is 2.29. The van der Waals surface area contributed by atoms with Crippen molar-refractivity contribution in [1.82, 2.24) is 9.78 Å². The SMILES string of the molecule is CC(=O)c1ccc(Cn2cc(NC(=O)C=Cc3ccc(C(F)(F)F)cc3)cn2)s1. The number of ketones is 1. The number of nitrogens with one attached hydrogen (secondary N) is 1. The van der Waals surface area contributed by atoms with E-state index in [0.717, 1.165) is 17.0 Å². The van der Waals surface area contributed by atoms with Crippen LogP contribution in [0.25, 0.3) is 6.08 Å². The van der Waals surface area contributed by atoms with Gasteiger partial charge >= 0.3 is 6.18 Å². The van der Waals surface area contributed by atoms with Gasteiger partial charge in [0.25, 0.3) is 0 Å². The van der Waals surface area contributed by atoms with Crippen molar-refractivity contribution in [2.45, 2.75) is 19.6 Å². The Kier molecular flexibility index (Phi) is 5.97. The van der Waals surface area contributed by atoms with Gasteiger partial charge in [-0.25, -0.2) is 0 Å². The van der Waals surface area contributed by atoms with Crippen LogP contribution in [0.2, 0.25) is 0 Å². The number of halogens is 3. The molecule has 0 aliphatic heterocycles. The van der Waals surface area contributed by atoms with Crippen LogP contribution in [0, 0.1) is 0 Å². The first-order valence-electron chi connectivity index (χ1n) is 8.49. The van der Waals surface area contributed by atoms with Gasteiger partial charge in [0, 0.05) is 17.2 Å². The van der Waals surface area contributed by atoms with Gasteiger partial charge in [-0.15, -0.1) is 11.3 Å². The number of amides is 1. The second-order valence-electron chi connectivity index (χ2n) is 6.19. The summed E-state index contributed by atoms with van der Waals surface area (Å²) in [5, 5.41) is 6.80. The molecular weight excluding hydrogens is 403 g/mol. The minimum Gasteiger partial charge on any atom is -0.320 e. The molecule has 29 heavy (non-hydrogen) atoms. The summed E-state index contributed by atoms with van der Waals surface area (Å²) in [4.78, 5) is 25.0. The van der Waals surface area contributed by atoms with Crippen LogP contribution >= 0.6 is 11.3 Å². The molecule has 0 saturated heterocycles. The second kappa shape index (κ2) is 8.44. The van der Waals surface area contributed by atoms with E-state index in [1.54, 1.807) is 16.9 Å². The summed E-state index contributed by atoms with van der Waals surface area (Å²) in [5.41, 5.74) is 0.214. The lowest BCUT2D eigenvalue weighted by Gasteiger charge is -2.05. The van der Waals surface area contributed by atoms with Gasteiger partial charge in [-0.3, -0.25) is 14.3 Å². The Balaban J connectivity index is 1.57. The van der Waals surface area contributed by atoms with Gasteiger partial charge in [0.1, 0.15) is 0 Å². The standard InChI is InChI=1S/C20H16F3N3O2S/c1-13(27)18-8-7-17(29-18)12-26-11-16(10-24-26)25-19(28)9-4-14-2-5-15(6-3-14)20(21,22)23/h2-11H,12H2,1H3,(H,25,28). The minimum absolute atomic E-state index is 0.00880. The molecule has 2 heterocycles. The van der Waals surface area contributed by atoms with Crippen LogP contribution in [-0.4, -0.2) is 21.5 Å². The predicted molar refractivity (Wildman–Crippen MR) is 105 cm³/mol. The van der Waals surface area contributed by atoms with E-state index < -0.39 is 17.6 Å². The van der Waals surface area contributed by atoms with Crippen molar-refractivity contribution < 1.29 is 22.8 Å². The molecule has 0 aliphatic rings. The first kappa shape index (κ1) is 20.5. The monoisotopic (exact) mass is 419 g/mol. The zero-order valence-corrected chi connectivity index (χ0v) is 16.1. The third-order valence-corrected chi connectivity index (χ3v) is 5.06. The first-order valence-corrected chi connectivity index (χ1v) is 9.31. The molecule has 1 N–H and O–H groups in total. The van der Waals surface area contributed by atoms with Crippen molar-refractivity contribution in [2.24, 2.45) is 0 Å². The zero-order valence-electron chi connectivity index (χ0n) is 15.2. The Morgan fingerprint density at radius 1 is 1.17 bits per heavy atom. The van der Waals surface area contributed by atoms with E-state index in [1.165, 1.54) is 48.7 Å². The average Bonchev–Trinajstić information content (AvgIpc) is 3.30. The number of hydrogen-bond donors (Lipinski definition) is 1. The lowest BCUT2D eigenvalue weighted by Crippen LogP contribution is -2.07. The van der Waals surface area contributed by atoms with Gasteiger partial charge in [0.05, 0.1) is 28.9 Å². The zero-order chi connectivity index (χ0) is 21.0. The fraction of sp³-hybridized carbons (Fsp3) is 0.150. The van der Waals surface area contributed by atoms with Gasteiger partial charge in [-0.2, -0.15) is 18.3 Å². The van der Waals surface area contributed by atoms with E-state index in [9.17, 15) is 22.8 Å². The maximum atomic E-state index is 12.5. The van der Waals surface area contributed by atoms with Gasteiger partial charge in [0.2, 0.25) is 5.91 Å². The summed E-state index contributed by atoms with van der Waals surface area (Å²) in [5.74, 6) is -0.422. The molecule has 3 aromatic rings. The summed E-state index contributed by atoms with van der Waals surface area (Å²) in [6.07, 6.45) is 1.41. The quantitative estimate of drug-likeness (QED) is 0.458. The van der Waals surface area contributed by atoms with Crippen LogP contribution in [0.3, 0.4) is 0 Å². The number of thiophene rings is 1. The molecular formula is C20H16F3N3O2S. The molecule has 1 amide bonds. The number of benzene rings is 1. The van der Waals surface area contributed by atoms with Crippen LogP contribution < -0.4 is 5.32 Å². The largest absolute Gasteiger partial charge is 0.416 e. The van der Waals surface area contributed by atoms with Crippen LogP contribution in [-0.2, 0) is 17.5 Å². The highest BCUT2D eigenvalue weighted by atomic mass is 32.1. The topological polar surface area (TPSA) is 64.0 Å². The van der Waals surface area contributed by atoms with Crippen molar-refractivity contribution in [3.63, 3.8) is 0 Å². The van der Waals surface area contributed by atoms with Crippen LogP contribution in [0.1, 0.15) is 32.6 Å². The molecule has 0 fully saturated rings. The van der Waals surface area contributed by atoms with Gasteiger partial charge in [0.15, 0.2) is 5.78 Å². The third kappa shape index (κ3) is 5.64. The molecule has 0 atom stereocenters. The van der Waals surface area contributed by atoms with Gasteiger partial charge in [-0.05, 0) is 42.8 Å². The fourth-order valence-electron chi connectivity index (χ4n) is 2.47. The molecule has 0 radical (unpaired) electrons. The van der Waals surface area contributed by atoms with E-state index in [0.29, 0.717) is 22.7 Å². The molecule has 9 heteroatoms. The second-order valence-corrected chi connectivity index (χ2v) is 7.36. The van der Waals surface area contributed by atoms with Crippen LogP contribution in [0.5, 0.6) is 0 Å². The maximum absolute atomic E-state index is 12.5. The van der Waals surface area contributed by atoms with E-state index in [2.05, 4.69) is 10.4 Å². The van der Waals surface area contributed by atoms with Gasteiger partial charge < -0.3 is 5.32 Å². The Labute approximate surface area is 168 Å². The van der Waals surface area contributed by atoms with E-state index >= 15 is 0 Å². The van der Waals surface area contributed by atoms with Gasteiger partial charge in [-0.1, -0.05) is 12.1 Å². The third-order valence-electron chi connectivity index (χ3n) is 3.89. The maximum Gasteiger partial charge on any atom is 0.416 e. The van der Waals surface area contributed by atoms with E-state index in [4.69, 9.17) is 0 Å². The number of carbonyl (C=O) groups is 2. The number of anilines is 1. The number of nitrogens with zero attached hydrogens (tertiary/aromatic N) is 2. The summed E-state index contributed by atoms with van der Waals surface area (Å²) in [6.45, 7) is 1.98. The summed E-state index contributed by atoms with van der Waals surface area (Å²) >= 11 is 1.39.